The third kappa shape index (κ3) is 2.57. The van der Waals surface area contributed by atoms with E-state index in [2.05, 4.69) is 10.3 Å². The second kappa shape index (κ2) is 5.65. The normalized spacial score (nSPS) is 26.8. The lowest BCUT2D eigenvalue weighted by atomic mass is 9.85. The Bertz CT molecular complexity index is 654. The minimum Gasteiger partial charge on any atom is -0.311 e. The first-order valence-electron chi connectivity index (χ1n) is 8.11. The monoisotopic (exact) mass is 292 g/mol. The second-order valence-corrected chi connectivity index (χ2v) is 6.46. The number of nitrogens with one attached hydrogen (secondary N) is 1. The van der Waals surface area contributed by atoms with E-state index in [4.69, 9.17) is 0 Å². The summed E-state index contributed by atoms with van der Waals surface area (Å²) in [6.07, 6.45) is 6.24. The fourth-order valence-corrected chi connectivity index (χ4v) is 3.85. The van der Waals surface area contributed by atoms with Gasteiger partial charge in [-0.05, 0) is 37.8 Å². The Morgan fingerprint density at radius 3 is 2.36 bits per heavy atom. The fraction of sp³-hybridized carbons (Fsp3) is 0.368. The van der Waals surface area contributed by atoms with Crippen molar-refractivity contribution in [3.63, 3.8) is 0 Å². The highest BCUT2D eigenvalue weighted by molar-refractivity contribution is 5.98. The number of carbonyl (C=O) groups is 1. The molecular formula is C19H20N2O. The van der Waals surface area contributed by atoms with Crippen LogP contribution in [0, 0.1) is 5.92 Å². The Hall–Kier alpha value is -2.00. The van der Waals surface area contributed by atoms with E-state index in [0.29, 0.717) is 17.9 Å². The third-order valence-corrected chi connectivity index (χ3v) is 4.97. The molecule has 1 N–H and O–H groups in total. The molecule has 2 unspecified atom stereocenters. The minimum absolute atomic E-state index is 0.194. The van der Waals surface area contributed by atoms with Gasteiger partial charge in [0, 0.05) is 35.3 Å². The van der Waals surface area contributed by atoms with Crippen molar-refractivity contribution in [2.45, 2.75) is 37.8 Å². The van der Waals surface area contributed by atoms with Gasteiger partial charge in [0.25, 0.3) is 0 Å². The van der Waals surface area contributed by atoms with Gasteiger partial charge >= 0.3 is 0 Å². The van der Waals surface area contributed by atoms with E-state index in [1.807, 2.05) is 42.5 Å². The van der Waals surface area contributed by atoms with Gasteiger partial charge in [0.2, 0.25) is 0 Å². The van der Waals surface area contributed by atoms with E-state index in [1.165, 1.54) is 12.8 Å². The quantitative estimate of drug-likeness (QED) is 0.881. The Balaban J connectivity index is 1.52. The highest BCUT2D eigenvalue weighted by Gasteiger charge is 2.36. The number of ketones is 1. The predicted molar refractivity (Wildman–Crippen MR) is 86.7 cm³/mol. The highest BCUT2D eigenvalue weighted by atomic mass is 16.1. The molecule has 2 fully saturated rings. The van der Waals surface area contributed by atoms with Gasteiger partial charge in [-0.1, -0.05) is 30.3 Å². The van der Waals surface area contributed by atoms with Crippen molar-refractivity contribution in [1.82, 2.24) is 10.3 Å². The molecule has 3 heterocycles. The number of carbonyl (C=O) groups excluding carboxylic acids is 1. The van der Waals surface area contributed by atoms with E-state index in [0.717, 1.165) is 29.7 Å². The van der Waals surface area contributed by atoms with Gasteiger partial charge in [0.05, 0.1) is 5.69 Å². The molecule has 2 atom stereocenters. The molecule has 0 amide bonds. The van der Waals surface area contributed by atoms with Crippen LogP contribution >= 0.6 is 0 Å². The molecule has 22 heavy (non-hydrogen) atoms. The van der Waals surface area contributed by atoms with Crippen molar-refractivity contribution in [2.75, 3.05) is 0 Å². The van der Waals surface area contributed by atoms with Crippen LogP contribution < -0.4 is 5.32 Å². The lowest BCUT2D eigenvalue weighted by Gasteiger charge is -2.28. The van der Waals surface area contributed by atoms with Gasteiger partial charge in [-0.15, -0.1) is 0 Å². The lowest BCUT2D eigenvalue weighted by molar-refractivity contribution is 0.0875. The summed E-state index contributed by atoms with van der Waals surface area (Å²) >= 11 is 0. The van der Waals surface area contributed by atoms with Crippen LogP contribution in [-0.4, -0.2) is 22.9 Å². The first-order chi connectivity index (χ1) is 10.8. The smallest absolute Gasteiger partial charge is 0.166 e. The maximum Gasteiger partial charge on any atom is 0.166 e. The number of rotatable bonds is 3. The number of fused-ring (bicyclic) bond motifs is 2. The fourth-order valence-electron chi connectivity index (χ4n) is 3.85. The van der Waals surface area contributed by atoms with Crippen molar-refractivity contribution < 1.29 is 4.79 Å². The van der Waals surface area contributed by atoms with Gasteiger partial charge in [-0.25, -0.2) is 0 Å². The molecule has 4 rings (SSSR count). The summed E-state index contributed by atoms with van der Waals surface area (Å²) in [5.74, 6) is 0.505. The Kier molecular flexibility index (Phi) is 3.51. The average Bonchev–Trinajstić information content (AvgIpc) is 2.93. The van der Waals surface area contributed by atoms with Crippen LogP contribution in [-0.2, 0) is 0 Å². The zero-order valence-corrected chi connectivity index (χ0v) is 12.5. The minimum atomic E-state index is 0.194. The Morgan fingerprint density at radius 2 is 1.73 bits per heavy atom. The summed E-state index contributed by atoms with van der Waals surface area (Å²) in [5, 5.41) is 3.60. The van der Waals surface area contributed by atoms with Gasteiger partial charge in [0.15, 0.2) is 5.78 Å². The van der Waals surface area contributed by atoms with Crippen LogP contribution in [0.2, 0.25) is 0 Å². The van der Waals surface area contributed by atoms with Crippen LogP contribution in [0.5, 0.6) is 0 Å². The number of benzene rings is 1. The molecule has 0 saturated carbocycles. The molecule has 0 radical (unpaired) electrons. The van der Waals surface area contributed by atoms with Crippen LogP contribution in [0.4, 0.5) is 0 Å². The Morgan fingerprint density at radius 1 is 1.00 bits per heavy atom. The number of hydrogen-bond acceptors (Lipinski definition) is 3. The molecule has 2 saturated heterocycles. The molecule has 3 nitrogen and oxygen atoms in total. The number of nitrogens with zero attached hydrogens (tertiary/aromatic N) is 1. The Labute approximate surface area is 130 Å². The van der Waals surface area contributed by atoms with Gasteiger partial charge in [0.1, 0.15) is 0 Å². The summed E-state index contributed by atoms with van der Waals surface area (Å²) in [6.45, 7) is 0. The number of Topliss-reactive ketones (excluding diaryl/α,β-unsaturated/α-hetero) is 1. The largest absolute Gasteiger partial charge is 0.311 e. The van der Waals surface area contributed by atoms with Crippen LogP contribution in [0.25, 0.3) is 11.3 Å². The zero-order chi connectivity index (χ0) is 14.9. The van der Waals surface area contributed by atoms with Crippen molar-refractivity contribution in [3.05, 3.63) is 54.2 Å². The molecule has 2 aromatic rings. The molecule has 1 aromatic heterocycles. The molecule has 0 aliphatic carbocycles. The average molecular weight is 292 g/mol. The van der Waals surface area contributed by atoms with Crippen molar-refractivity contribution in [2.24, 2.45) is 5.92 Å². The van der Waals surface area contributed by atoms with Gasteiger partial charge in [-0.2, -0.15) is 0 Å². The second-order valence-electron chi connectivity index (χ2n) is 6.46. The van der Waals surface area contributed by atoms with Crippen molar-refractivity contribution >= 4 is 5.78 Å². The van der Waals surface area contributed by atoms with Crippen LogP contribution in [0.15, 0.2) is 48.7 Å². The molecule has 2 bridgehead atoms. The first kappa shape index (κ1) is 13.6. The molecule has 112 valence electrons. The number of piperidine rings is 1. The summed E-state index contributed by atoms with van der Waals surface area (Å²) in [5.41, 5.74) is 2.84. The molecule has 1 aromatic carbocycles. The van der Waals surface area contributed by atoms with Crippen molar-refractivity contribution in [3.8, 4) is 11.3 Å². The molecule has 2 aliphatic rings. The first-order valence-corrected chi connectivity index (χ1v) is 8.11. The molecular weight excluding hydrogens is 272 g/mol. The topological polar surface area (TPSA) is 42.0 Å². The van der Waals surface area contributed by atoms with Crippen LogP contribution in [0.3, 0.4) is 0 Å². The number of aromatic nitrogens is 1. The van der Waals surface area contributed by atoms with Crippen molar-refractivity contribution in [1.29, 1.82) is 0 Å². The zero-order valence-electron chi connectivity index (χ0n) is 12.5. The maximum atomic E-state index is 12.7. The van der Waals surface area contributed by atoms with E-state index in [-0.39, 0.29) is 5.92 Å². The summed E-state index contributed by atoms with van der Waals surface area (Å²) in [7, 11) is 0. The number of hydrogen-bond donors (Lipinski definition) is 1. The van der Waals surface area contributed by atoms with Gasteiger partial charge in [-0.3, -0.25) is 9.78 Å². The van der Waals surface area contributed by atoms with E-state index < -0.39 is 0 Å². The van der Waals surface area contributed by atoms with E-state index >= 15 is 0 Å². The molecule has 3 heteroatoms. The third-order valence-electron chi connectivity index (χ3n) is 4.97. The number of pyridine rings is 1. The van der Waals surface area contributed by atoms with E-state index in [9.17, 15) is 4.79 Å². The van der Waals surface area contributed by atoms with E-state index in [1.54, 1.807) is 6.20 Å². The molecule has 2 aliphatic heterocycles. The SMILES string of the molecule is O=C(c1ccc(-c2ccccn2)cc1)C1CC2CCC(C1)N2. The maximum absolute atomic E-state index is 12.7. The predicted octanol–water partition coefficient (Wildman–Crippen LogP) is 3.46. The summed E-state index contributed by atoms with van der Waals surface area (Å²) < 4.78 is 0. The highest BCUT2D eigenvalue weighted by Crippen LogP contribution is 2.33. The standard InChI is InChI=1S/C19H20N2O/c22-19(15-11-16-8-9-17(12-15)21-16)14-6-4-13(5-7-14)18-3-1-2-10-20-18/h1-7,10,15-17,21H,8-9,11-12H2. The van der Waals surface area contributed by atoms with Gasteiger partial charge < -0.3 is 5.32 Å². The summed E-state index contributed by atoms with van der Waals surface area (Å²) in [4.78, 5) is 17.1. The van der Waals surface area contributed by atoms with Crippen LogP contribution in [0.1, 0.15) is 36.0 Å². The molecule has 0 spiro atoms. The lowest BCUT2D eigenvalue weighted by Crippen LogP contribution is -2.40. The summed E-state index contributed by atoms with van der Waals surface area (Å²) in [6, 6.07) is 14.9.